The number of hydrogen-bond acceptors (Lipinski definition) is 3. The molecule has 5 nitrogen and oxygen atoms in total. The summed E-state index contributed by atoms with van der Waals surface area (Å²) < 4.78 is 5.43. The summed E-state index contributed by atoms with van der Waals surface area (Å²) in [6.07, 6.45) is 3.94. The fraction of sp³-hybridized carbons (Fsp3) is 0.600. The summed E-state index contributed by atoms with van der Waals surface area (Å²) in [4.78, 5) is 27.0. The summed E-state index contributed by atoms with van der Waals surface area (Å²) in [5, 5.41) is 3.09. The van der Waals surface area contributed by atoms with Crippen LogP contribution < -0.4 is 5.32 Å². The van der Waals surface area contributed by atoms with E-state index < -0.39 is 0 Å². The molecule has 0 unspecified atom stereocenters. The van der Waals surface area contributed by atoms with E-state index in [2.05, 4.69) is 12.2 Å². The Morgan fingerprint density at radius 1 is 1.20 bits per heavy atom. The maximum Gasteiger partial charge on any atom is 0.249 e. The quantitative estimate of drug-likeness (QED) is 0.893. The van der Waals surface area contributed by atoms with Gasteiger partial charge in [0.05, 0.1) is 5.92 Å². The Labute approximate surface area is 149 Å². The van der Waals surface area contributed by atoms with E-state index in [-0.39, 0.29) is 29.9 Å². The maximum absolute atomic E-state index is 12.9. The fourth-order valence-electron chi connectivity index (χ4n) is 3.78. The van der Waals surface area contributed by atoms with Gasteiger partial charge in [-0.25, -0.2) is 0 Å². The van der Waals surface area contributed by atoms with Crippen LogP contribution in [0.25, 0.3) is 0 Å². The molecule has 1 N–H and O–H groups in total. The van der Waals surface area contributed by atoms with E-state index in [4.69, 9.17) is 4.74 Å². The second-order valence-electron chi connectivity index (χ2n) is 6.98. The summed E-state index contributed by atoms with van der Waals surface area (Å²) in [6, 6.07) is 10.2. The van der Waals surface area contributed by atoms with Crippen molar-refractivity contribution in [3.63, 3.8) is 0 Å². The number of benzene rings is 1. The van der Waals surface area contributed by atoms with Gasteiger partial charge in [0.25, 0.3) is 0 Å². The van der Waals surface area contributed by atoms with E-state index in [1.807, 2.05) is 35.2 Å². The molecule has 136 valence electrons. The van der Waals surface area contributed by atoms with Crippen molar-refractivity contribution in [3.8, 4) is 0 Å². The van der Waals surface area contributed by atoms with Crippen molar-refractivity contribution in [3.05, 3.63) is 35.9 Å². The monoisotopic (exact) mass is 344 g/mol. The number of carbonyl (C=O) groups excluding carboxylic acids is 2. The van der Waals surface area contributed by atoms with Crippen LogP contribution in [-0.4, -0.2) is 48.6 Å². The highest BCUT2D eigenvalue weighted by Gasteiger charge is 2.30. The minimum absolute atomic E-state index is 0.0120. The number of hydrogen-bond donors (Lipinski definition) is 1. The first-order valence-corrected chi connectivity index (χ1v) is 9.44. The van der Waals surface area contributed by atoms with Gasteiger partial charge in [-0.15, -0.1) is 0 Å². The van der Waals surface area contributed by atoms with Crippen molar-refractivity contribution in [2.75, 3.05) is 19.7 Å². The molecule has 1 aromatic rings. The molecular weight excluding hydrogens is 316 g/mol. The average Bonchev–Trinajstić information content (AvgIpc) is 3.19. The summed E-state index contributed by atoms with van der Waals surface area (Å²) in [5.41, 5.74) is 1.09. The smallest absolute Gasteiger partial charge is 0.249 e. The third kappa shape index (κ3) is 4.40. The highest BCUT2D eigenvalue weighted by atomic mass is 16.5. The van der Waals surface area contributed by atoms with Crippen LogP contribution in [0.5, 0.6) is 0 Å². The second-order valence-corrected chi connectivity index (χ2v) is 6.98. The third-order valence-corrected chi connectivity index (χ3v) is 5.28. The third-order valence-electron chi connectivity index (χ3n) is 5.28. The van der Waals surface area contributed by atoms with Crippen LogP contribution in [0.1, 0.15) is 50.5 Å². The number of ether oxygens (including phenoxy) is 1. The Morgan fingerprint density at radius 2 is 1.92 bits per heavy atom. The van der Waals surface area contributed by atoms with Gasteiger partial charge in [0, 0.05) is 25.7 Å². The molecule has 0 aliphatic carbocycles. The Balaban J connectivity index is 1.51. The SMILES string of the molecule is CC[C@H](C(=O)N1CCC(NC(=O)[C@@H]2CCCO2)CC1)c1ccccc1. The number of amides is 2. The molecule has 0 radical (unpaired) electrons. The number of piperidine rings is 1. The summed E-state index contributed by atoms with van der Waals surface area (Å²) in [6.45, 7) is 4.16. The molecule has 3 rings (SSSR count). The molecule has 25 heavy (non-hydrogen) atoms. The number of likely N-dealkylation sites (tertiary alicyclic amines) is 1. The fourth-order valence-corrected chi connectivity index (χ4v) is 3.78. The van der Waals surface area contributed by atoms with Crippen molar-refractivity contribution < 1.29 is 14.3 Å². The molecule has 1 aromatic carbocycles. The molecule has 0 bridgehead atoms. The van der Waals surface area contributed by atoms with Gasteiger partial charge in [0.15, 0.2) is 0 Å². The molecule has 0 spiro atoms. The van der Waals surface area contributed by atoms with Gasteiger partial charge in [0.2, 0.25) is 11.8 Å². The number of carbonyl (C=O) groups is 2. The highest BCUT2D eigenvalue weighted by Crippen LogP contribution is 2.24. The lowest BCUT2D eigenvalue weighted by Gasteiger charge is -2.34. The zero-order chi connectivity index (χ0) is 17.6. The Morgan fingerprint density at radius 3 is 2.52 bits per heavy atom. The molecule has 2 aliphatic heterocycles. The van der Waals surface area contributed by atoms with Crippen LogP contribution in [0.3, 0.4) is 0 Å². The van der Waals surface area contributed by atoms with E-state index in [0.29, 0.717) is 19.7 Å². The molecule has 2 aliphatic rings. The average molecular weight is 344 g/mol. The summed E-state index contributed by atoms with van der Waals surface area (Å²) in [5.74, 6) is 0.148. The first kappa shape index (κ1) is 17.9. The molecule has 0 aromatic heterocycles. The second kappa shape index (κ2) is 8.48. The standard InChI is InChI=1S/C20H28N2O3/c1-2-17(15-7-4-3-5-8-15)20(24)22-12-10-16(11-13-22)21-19(23)18-9-6-14-25-18/h3-5,7-8,16-18H,2,6,9-14H2,1H3,(H,21,23)/t17-,18-/m0/s1. The van der Waals surface area contributed by atoms with Crippen LogP contribution in [0.2, 0.25) is 0 Å². The van der Waals surface area contributed by atoms with Crippen LogP contribution in [0, 0.1) is 0 Å². The summed E-state index contributed by atoms with van der Waals surface area (Å²) >= 11 is 0. The van der Waals surface area contributed by atoms with Crippen molar-refractivity contribution in [1.82, 2.24) is 10.2 Å². The van der Waals surface area contributed by atoms with E-state index >= 15 is 0 Å². The van der Waals surface area contributed by atoms with Gasteiger partial charge in [-0.3, -0.25) is 9.59 Å². The van der Waals surface area contributed by atoms with Crippen molar-refractivity contribution >= 4 is 11.8 Å². The molecule has 5 heteroatoms. The lowest BCUT2D eigenvalue weighted by atomic mass is 9.93. The molecule has 2 saturated heterocycles. The van der Waals surface area contributed by atoms with Gasteiger partial charge in [0.1, 0.15) is 6.10 Å². The first-order valence-electron chi connectivity index (χ1n) is 9.44. The van der Waals surface area contributed by atoms with Gasteiger partial charge >= 0.3 is 0 Å². The predicted molar refractivity (Wildman–Crippen MR) is 96.2 cm³/mol. The van der Waals surface area contributed by atoms with Crippen LogP contribution in [0.15, 0.2) is 30.3 Å². The normalized spacial score (nSPS) is 22.6. The van der Waals surface area contributed by atoms with E-state index in [9.17, 15) is 9.59 Å². The maximum atomic E-state index is 12.9. The molecular formula is C20H28N2O3. The van der Waals surface area contributed by atoms with Crippen molar-refractivity contribution in [1.29, 1.82) is 0 Å². The van der Waals surface area contributed by atoms with E-state index in [1.165, 1.54) is 0 Å². The topological polar surface area (TPSA) is 58.6 Å². The zero-order valence-corrected chi connectivity index (χ0v) is 14.9. The molecule has 0 saturated carbocycles. The lowest BCUT2D eigenvalue weighted by molar-refractivity contribution is -0.134. The van der Waals surface area contributed by atoms with Gasteiger partial charge in [-0.1, -0.05) is 37.3 Å². The van der Waals surface area contributed by atoms with Crippen molar-refractivity contribution in [2.45, 2.75) is 57.1 Å². The molecule has 2 fully saturated rings. The van der Waals surface area contributed by atoms with Gasteiger partial charge < -0.3 is 15.0 Å². The van der Waals surface area contributed by atoms with Gasteiger partial charge in [-0.05, 0) is 37.7 Å². The first-order chi connectivity index (χ1) is 12.2. The zero-order valence-electron chi connectivity index (χ0n) is 14.9. The molecule has 2 heterocycles. The van der Waals surface area contributed by atoms with Gasteiger partial charge in [-0.2, -0.15) is 0 Å². The van der Waals surface area contributed by atoms with Crippen LogP contribution in [0.4, 0.5) is 0 Å². The minimum Gasteiger partial charge on any atom is -0.368 e. The summed E-state index contributed by atoms with van der Waals surface area (Å²) in [7, 11) is 0. The van der Waals surface area contributed by atoms with E-state index in [0.717, 1.165) is 37.7 Å². The Hall–Kier alpha value is -1.88. The van der Waals surface area contributed by atoms with E-state index in [1.54, 1.807) is 0 Å². The molecule has 2 amide bonds. The number of rotatable bonds is 5. The van der Waals surface area contributed by atoms with Crippen molar-refractivity contribution in [2.24, 2.45) is 0 Å². The van der Waals surface area contributed by atoms with Crippen LogP contribution >= 0.6 is 0 Å². The number of nitrogens with zero attached hydrogens (tertiary/aromatic N) is 1. The number of nitrogens with one attached hydrogen (secondary N) is 1. The Kier molecular flexibility index (Phi) is 6.08. The molecule has 2 atom stereocenters. The lowest BCUT2D eigenvalue weighted by Crippen LogP contribution is -2.49. The Bertz CT molecular complexity index is 576. The predicted octanol–water partition coefficient (Wildman–Crippen LogP) is 2.47. The largest absolute Gasteiger partial charge is 0.368 e. The minimum atomic E-state index is -0.276. The van der Waals surface area contributed by atoms with Crippen LogP contribution in [-0.2, 0) is 14.3 Å². The highest BCUT2D eigenvalue weighted by molar-refractivity contribution is 5.84.